The lowest BCUT2D eigenvalue weighted by Gasteiger charge is -2.13. The van der Waals surface area contributed by atoms with Crippen molar-refractivity contribution in [2.24, 2.45) is 5.73 Å². The van der Waals surface area contributed by atoms with Crippen molar-refractivity contribution >= 4 is 15.7 Å². The molecular formula is C4H4B2N2O. The third-order valence-corrected chi connectivity index (χ3v) is 0.859. The molecule has 0 unspecified atom stereocenters. The minimum absolute atomic E-state index is 0.266. The van der Waals surface area contributed by atoms with Gasteiger partial charge in [-0.2, -0.15) is 0 Å². The van der Waals surface area contributed by atoms with Crippen LogP contribution in [0.1, 0.15) is 5.76 Å². The lowest BCUT2D eigenvalue weighted by atomic mass is 9.61. The first-order chi connectivity index (χ1) is 4.11. The van der Waals surface area contributed by atoms with Crippen LogP contribution in [0.15, 0.2) is 17.0 Å². The second-order valence-electron chi connectivity index (χ2n) is 1.80. The molecule has 0 aliphatic carbocycles. The smallest absolute Gasteiger partial charge is 0.180 e. The Kier molecular flexibility index (Phi) is 1.37. The van der Waals surface area contributed by atoms with Crippen molar-refractivity contribution in [3.63, 3.8) is 0 Å². The van der Waals surface area contributed by atoms with Gasteiger partial charge >= 0.3 is 0 Å². The fraction of sp³-hybridized carbons (Fsp3) is 0.250. The van der Waals surface area contributed by atoms with Gasteiger partial charge in [0.05, 0.1) is 21.9 Å². The Morgan fingerprint density at radius 3 is 2.56 bits per heavy atom. The highest BCUT2D eigenvalue weighted by molar-refractivity contribution is 6.39. The summed E-state index contributed by atoms with van der Waals surface area (Å²) in [5.74, 6) is 0.266. The number of oxazole rings is 1. The van der Waals surface area contributed by atoms with Crippen LogP contribution in [-0.4, -0.2) is 20.7 Å². The van der Waals surface area contributed by atoms with Crippen LogP contribution in [0.25, 0.3) is 0 Å². The topological polar surface area (TPSA) is 52.0 Å². The number of nitrogens with two attached hydrogens (primary N) is 1. The molecule has 0 aliphatic rings. The summed E-state index contributed by atoms with van der Waals surface area (Å²) in [4.78, 5) is 3.58. The van der Waals surface area contributed by atoms with Gasteiger partial charge in [0.2, 0.25) is 0 Å². The molecule has 0 saturated heterocycles. The van der Waals surface area contributed by atoms with Crippen LogP contribution in [0, 0.1) is 0 Å². The summed E-state index contributed by atoms with van der Waals surface area (Å²) < 4.78 is 4.71. The number of aromatic nitrogens is 1. The van der Waals surface area contributed by atoms with Gasteiger partial charge in [0.25, 0.3) is 0 Å². The van der Waals surface area contributed by atoms with Gasteiger partial charge in [-0.25, -0.2) is 4.98 Å². The Morgan fingerprint density at radius 1 is 1.67 bits per heavy atom. The Hall–Kier alpha value is -0.700. The Labute approximate surface area is 55.5 Å². The van der Waals surface area contributed by atoms with Gasteiger partial charge < -0.3 is 10.2 Å². The third-order valence-electron chi connectivity index (χ3n) is 0.859. The average Bonchev–Trinajstić information content (AvgIpc) is 2.08. The summed E-state index contributed by atoms with van der Waals surface area (Å²) in [6.45, 7) is 0. The van der Waals surface area contributed by atoms with E-state index in [0.717, 1.165) is 0 Å². The molecule has 0 saturated carbocycles. The molecule has 0 bridgehead atoms. The Morgan fingerprint density at radius 2 is 2.33 bits per heavy atom. The SMILES string of the molecule is [B]C([B])(N)c1cnco1. The molecule has 3 nitrogen and oxygen atoms in total. The van der Waals surface area contributed by atoms with E-state index in [-0.39, 0.29) is 5.76 Å². The molecule has 0 spiro atoms. The van der Waals surface area contributed by atoms with Crippen molar-refractivity contribution in [2.75, 3.05) is 0 Å². The molecule has 0 amide bonds. The highest BCUT2D eigenvalue weighted by Crippen LogP contribution is 2.07. The van der Waals surface area contributed by atoms with Crippen molar-refractivity contribution in [1.29, 1.82) is 0 Å². The quantitative estimate of drug-likeness (QED) is 0.485. The molecule has 0 atom stereocenters. The van der Waals surface area contributed by atoms with E-state index in [0.29, 0.717) is 0 Å². The van der Waals surface area contributed by atoms with Gasteiger partial charge in [0, 0.05) is 0 Å². The predicted octanol–water partition coefficient (Wildman–Crippen LogP) is -0.919. The van der Waals surface area contributed by atoms with Crippen molar-refractivity contribution in [1.82, 2.24) is 4.98 Å². The third kappa shape index (κ3) is 1.36. The number of rotatable bonds is 1. The van der Waals surface area contributed by atoms with Crippen LogP contribution in [0.4, 0.5) is 0 Å². The molecule has 2 N–H and O–H groups in total. The Bertz CT molecular complexity index is 179. The number of hydrogen-bond acceptors (Lipinski definition) is 3. The van der Waals surface area contributed by atoms with Gasteiger partial charge in [-0.15, -0.1) is 0 Å². The summed E-state index contributed by atoms with van der Waals surface area (Å²) >= 11 is 0. The van der Waals surface area contributed by atoms with E-state index in [1.54, 1.807) is 0 Å². The maximum Gasteiger partial charge on any atom is 0.180 e. The molecule has 1 aromatic rings. The van der Waals surface area contributed by atoms with Crippen LogP contribution in [-0.2, 0) is 5.34 Å². The molecule has 1 rings (SSSR count). The first kappa shape index (κ1) is 6.42. The summed E-state index contributed by atoms with van der Waals surface area (Å²) in [7, 11) is 10.4. The van der Waals surface area contributed by atoms with E-state index in [1.165, 1.54) is 12.6 Å². The van der Waals surface area contributed by atoms with E-state index >= 15 is 0 Å². The summed E-state index contributed by atoms with van der Waals surface area (Å²) in [5.41, 5.74) is 5.22. The fourth-order valence-electron chi connectivity index (χ4n) is 0.430. The minimum Gasteiger partial charge on any atom is -0.448 e. The van der Waals surface area contributed by atoms with Gasteiger partial charge in [0.1, 0.15) is 5.76 Å². The predicted molar refractivity (Wildman–Crippen MR) is 33.9 cm³/mol. The lowest BCUT2D eigenvalue weighted by Crippen LogP contribution is -2.36. The van der Waals surface area contributed by atoms with E-state index in [1.807, 2.05) is 0 Å². The first-order valence-electron chi connectivity index (χ1n) is 2.36. The minimum atomic E-state index is -1.41. The van der Waals surface area contributed by atoms with Crippen molar-refractivity contribution in [3.8, 4) is 0 Å². The van der Waals surface area contributed by atoms with E-state index in [2.05, 4.69) is 4.98 Å². The van der Waals surface area contributed by atoms with E-state index in [9.17, 15) is 0 Å². The Balaban J connectivity index is 2.90. The molecule has 1 aromatic heterocycles. The monoisotopic (exact) mass is 118 g/mol. The van der Waals surface area contributed by atoms with Crippen LogP contribution >= 0.6 is 0 Å². The van der Waals surface area contributed by atoms with Gasteiger partial charge in [-0.1, -0.05) is 0 Å². The fourth-order valence-corrected chi connectivity index (χ4v) is 0.430. The summed E-state index contributed by atoms with van der Waals surface area (Å²) in [6.07, 6.45) is 2.59. The van der Waals surface area contributed by atoms with Crippen LogP contribution in [0.5, 0.6) is 0 Å². The largest absolute Gasteiger partial charge is 0.448 e. The molecule has 0 fully saturated rings. The second-order valence-corrected chi connectivity index (χ2v) is 1.80. The average molecular weight is 118 g/mol. The zero-order valence-electron chi connectivity index (χ0n) is 4.74. The van der Waals surface area contributed by atoms with Crippen molar-refractivity contribution in [2.45, 2.75) is 5.34 Å². The van der Waals surface area contributed by atoms with Crippen LogP contribution in [0.2, 0.25) is 0 Å². The normalized spacial score (nSPS) is 11.7. The standard InChI is InChI=1S/C4H4B2N2O/c5-4(6,7)3-1-8-2-9-3/h1-2H,7H2. The van der Waals surface area contributed by atoms with Crippen LogP contribution in [0.3, 0.4) is 0 Å². The molecule has 0 aliphatic heterocycles. The molecule has 42 valence electrons. The highest BCUT2D eigenvalue weighted by atomic mass is 16.3. The molecule has 5 heteroatoms. The van der Waals surface area contributed by atoms with Crippen molar-refractivity contribution in [3.05, 3.63) is 18.4 Å². The molecular weight excluding hydrogens is 114 g/mol. The second kappa shape index (κ2) is 1.92. The van der Waals surface area contributed by atoms with E-state index < -0.39 is 5.34 Å². The van der Waals surface area contributed by atoms with Crippen LogP contribution < -0.4 is 5.73 Å². The van der Waals surface area contributed by atoms with Gasteiger partial charge in [-0.05, 0) is 5.34 Å². The zero-order valence-corrected chi connectivity index (χ0v) is 4.74. The number of nitrogens with zero attached hydrogens (tertiary/aromatic N) is 1. The summed E-state index contributed by atoms with van der Waals surface area (Å²) in [5, 5.41) is -1.41. The lowest BCUT2D eigenvalue weighted by molar-refractivity contribution is 0.486. The maximum absolute atomic E-state index is 5.22. The van der Waals surface area contributed by atoms with E-state index in [4.69, 9.17) is 25.8 Å². The van der Waals surface area contributed by atoms with Gasteiger partial charge in [0.15, 0.2) is 6.39 Å². The number of hydrogen-bond donors (Lipinski definition) is 1. The molecule has 1 heterocycles. The molecule has 0 aromatic carbocycles. The maximum atomic E-state index is 5.22. The molecule has 4 radical (unpaired) electrons. The van der Waals surface area contributed by atoms with Gasteiger partial charge in [-0.3, -0.25) is 0 Å². The zero-order chi connectivity index (χ0) is 6.91. The summed E-state index contributed by atoms with van der Waals surface area (Å²) in [6, 6.07) is 0. The van der Waals surface area contributed by atoms with Crippen molar-refractivity contribution < 1.29 is 4.42 Å². The molecule has 9 heavy (non-hydrogen) atoms. The first-order valence-corrected chi connectivity index (χ1v) is 2.36. The highest BCUT2D eigenvalue weighted by Gasteiger charge is 2.15.